The largest absolute Gasteiger partial charge is 0.472 e. The molecule has 1 aliphatic carbocycles. The number of fused-ring (bicyclic) bond motifs is 4. The van der Waals surface area contributed by atoms with Crippen LogP contribution in [0.5, 0.6) is 5.75 Å². The maximum Gasteiger partial charge on any atom is 0.194 e. The Labute approximate surface area is 165 Å². The van der Waals surface area contributed by atoms with E-state index in [2.05, 4.69) is 0 Å². The number of benzene rings is 3. The lowest BCUT2D eigenvalue weighted by molar-refractivity contribution is 0.100. The van der Waals surface area contributed by atoms with E-state index in [1.165, 1.54) is 6.08 Å². The molecule has 0 N–H and O–H groups in total. The maximum atomic E-state index is 13.0. The van der Waals surface area contributed by atoms with Gasteiger partial charge in [0, 0.05) is 27.6 Å². The number of carbonyl (C=O) groups excluding carboxylic acids is 2. The monoisotopic (exact) mass is 404 g/mol. The molecule has 6 heteroatoms. The Morgan fingerprint density at radius 2 is 1.29 bits per heavy atom. The van der Waals surface area contributed by atoms with Gasteiger partial charge < -0.3 is 4.52 Å². The van der Waals surface area contributed by atoms with Gasteiger partial charge in [0.05, 0.1) is 0 Å². The molecule has 0 bridgehead atoms. The molecule has 4 nitrogen and oxygen atoms in total. The average Bonchev–Trinajstić information content (AvgIpc) is 2.77. The van der Waals surface area contributed by atoms with Crippen LogP contribution in [0.15, 0.2) is 72.8 Å². The minimum Gasteiger partial charge on any atom is -0.472 e. The minimum atomic E-state index is -0.131. The highest BCUT2D eigenvalue weighted by Crippen LogP contribution is 2.41. The number of hydrogen-bond acceptors (Lipinski definition) is 4. The second-order valence-electron chi connectivity index (χ2n) is 6.23. The zero-order valence-electron chi connectivity index (χ0n) is 14.6. The highest BCUT2D eigenvalue weighted by Gasteiger charge is 2.29. The fraction of sp³-hybridized carbons (Fsp3) is 0. The number of rotatable bonds is 1. The molecule has 0 spiro atoms. The molecule has 0 saturated heterocycles. The van der Waals surface area contributed by atoms with Gasteiger partial charge in [-0.25, -0.2) is 0 Å². The summed E-state index contributed by atoms with van der Waals surface area (Å²) in [6, 6.07) is 20.7. The van der Waals surface area contributed by atoms with Gasteiger partial charge in [-0.1, -0.05) is 60.7 Å². The van der Waals surface area contributed by atoms with Crippen LogP contribution in [0.3, 0.4) is 0 Å². The third-order valence-corrected chi connectivity index (χ3v) is 5.82. The SMILES string of the molecule is O=C1C=C(c2cccc3c2POc2ccccc2-3)C(=O)c2ccccc21.O=P. The number of para-hydroxylation sites is 1. The molecule has 1 unspecified atom stereocenters. The summed E-state index contributed by atoms with van der Waals surface area (Å²) in [6.45, 7) is 0. The Morgan fingerprint density at radius 1 is 0.679 bits per heavy atom. The van der Waals surface area contributed by atoms with Gasteiger partial charge in [0.15, 0.2) is 11.6 Å². The number of allylic oxidation sites excluding steroid dienone is 2. The summed E-state index contributed by atoms with van der Waals surface area (Å²) in [4.78, 5) is 25.6. The first-order valence-electron chi connectivity index (χ1n) is 8.50. The quantitative estimate of drug-likeness (QED) is 0.541. The van der Waals surface area contributed by atoms with Crippen molar-refractivity contribution in [3.63, 3.8) is 0 Å². The van der Waals surface area contributed by atoms with Gasteiger partial charge in [0.1, 0.15) is 23.7 Å². The van der Waals surface area contributed by atoms with E-state index in [4.69, 9.17) is 9.09 Å². The van der Waals surface area contributed by atoms with E-state index < -0.39 is 0 Å². The van der Waals surface area contributed by atoms with E-state index >= 15 is 0 Å². The van der Waals surface area contributed by atoms with Gasteiger partial charge in [0.25, 0.3) is 0 Å². The topological polar surface area (TPSA) is 60.4 Å². The molecule has 0 fully saturated rings. The molecule has 2 aliphatic rings. The van der Waals surface area contributed by atoms with E-state index in [1.807, 2.05) is 42.5 Å². The van der Waals surface area contributed by atoms with Crippen molar-refractivity contribution in [2.24, 2.45) is 0 Å². The molecule has 3 aromatic carbocycles. The molecule has 1 heterocycles. The van der Waals surface area contributed by atoms with Crippen LogP contribution in [0.1, 0.15) is 26.3 Å². The lowest BCUT2D eigenvalue weighted by Gasteiger charge is -2.24. The molecule has 136 valence electrons. The highest BCUT2D eigenvalue weighted by atomic mass is 31.1. The number of ketones is 2. The molecular formula is C22H14O4P2. The van der Waals surface area contributed by atoms with Gasteiger partial charge in [-0.15, -0.1) is 0 Å². The van der Waals surface area contributed by atoms with E-state index in [-0.39, 0.29) is 20.4 Å². The van der Waals surface area contributed by atoms with Crippen LogP contribution in [0, 0.1) is 0 Å². The summed E-state index contributed by atoms with van der Waals surface area (Å²) < 4.78 is 14.0. The van der Waals surface area contributed by atoms with Crippen LogP contribution < -0.4 is 9.83 Å². The molecule has 1 atom stereocenters. The number of Topliss-reactive ketones (excluding diaryl/α,β-unsaturated/α-hetero) is 1. The predicted molar refractivity (Wildman–Crippen MR) is 113 cm³/mol. The van der Waals surface area contributed by atoms with Crippen molar-refractivity contribution in [3.8, 4) is 16.9 Å². The molecule has 5 rings (SSSR count). The predicted octanol–water partition coefficient (Wildman–Crippen LogP) is 4.90. The Hall–Kier alpha value is -2.93. The van der Waals surface area contributed by atoms with Crippen molar-refractivity contribution in [1.29, 1.82) is 0 Å². The van der Waals surface area contributed by atoms with Crippen LogP contribution in [-0.4, -0.2) is 11.6 Å². The van der Waals surface area contributed by atoms with Crippen molar-refractivity contribution >= 4 is 40.4 Å². The van der Waals surface area contributed by atoms with E-state index in [9.17, 15) is 9.59 Å². The Balaban J connectivity index is 0.000000932. The third kappa shape index (κ3) is 2.92. The van der Waals surface area contributed by atoms with Crippen molar-refractivity contribution < 1.29 is 18.7 Å². The van der Waals surface area contributed by atoms with E-state index in [1.54, 1.807) is 33.4 Å². The second kappa shape index (κ2) is 7.59. The number of carbonyl (C=O) groups is 2. The minimum absolute atomic E-state index is 0.0933. The van der Waals surface area contributed by atoms with Gasteiger partial charge in [-0.3, -0.25) is 14.2 Å². The summed E-state index contributed by atoms with van der Waals surface area (Å²) in [5.41, 5.74) is 4.23. The van der Waals surface area contributed by atoms with Crippen molar-refractivity contribution in [2.45, 2.75) is 0 Å². The van der Waals surface area contributed by atoms with Crippen LogP contribution in [-0.2, 0) is 4.57 Å². The molecule has 28 heavy (non-hydrogen) atoms. The molecular weight excluding hydrogens is 390 g/mol. The van der Waals surface area contributed by atoms with Gasteiger partial charge in [0.2, 0.25) is 0 Å². The lowest BCUT2D eigenvalue weighted by atomic mass is 9.85. The summed E-state index contributed by atoms with van der Waals surface area (Å²) in [7, 11) is 1.82. The summed E-state index contributed by atoms with van der Waals surface area (Å²) in [6.07, 6.45) is 1.46. The summed E-state index contributed by atoms with van der Waals surface area (Å²) in [5, 5.41) is 0.970. The second-order valence-corrected chi connectivity index (χ2v) is 7.13. The van der Waals surface area contributed by atoms with E-state index in [0.29, 0.717) is 16.7 Å². The molecule has 0 radical (unpaired) electrons. The zero-order chi connectivity index (χ0) is 19.7. The maximum absolute atomic E-state index is 13.0. The first kappa shape index (κ1) is 18.4. The van der Waals surface area contributed by atoms with Gasteiger partial charge in [-0.05, 0) is 23.3 Å². The fourth-order valence-electron chi connectivity index (χ4n) is 3.51. The fourth-order valence-corrected chi connectivity index (χ4v) is 4.56. The van der Waals surface area contributed by atoms with Gasteiger partial charge >= 0.3 is 0 Å². The summed E-state index contributed by atoms with van der Waals surface area (Å²) in [5.74, 6) is 0.603. The first-order valence-corrected chi connectivity index (χ1v) is 9.81. The molecule has 0 amide bonds. The Kier molecular flexibility index (Phi) is 5.00. The first-order chi connectivity index (χ1) is 13.7. The van der Waals surface area contributed by atoms with Crippen molar-refractivity contribution in [2.75, 3.05) is 0 Å². The van der Waals surface area contributed by atoms with Crippen LogP contribution in [0.25, 0.3) is 16.7 Å². The smallest absolute Gasteiger partial charge is 0.194 e. The Bertz CT molecular complexity index is 1150. The lowest BCUT2D eigenvalue weighted by Crippen LogP contribution is -2.21. The highest BCUT2D eigenvalue weighted by molar-refractivity contribution is 7.43. The standard InChI is InChI=1S/C22H13O3P.HOP/c23-19-12-18(21(24)15-8-2-1-6-13(15)19)17-10-5-9-16-14-7-3-4-11-20(14)25-26-22(16)17;1-2/h1-12,26H;2H. The molecule has 3 aromatic rings. The zero-order valence-corrected chi connectivity index (χ0v) is 16.6. The van der Waals surface area contributed by atoms with E-state index in [0.717, 1.165) is 27.7 Å². The average molecular weight is 404 g/mol. The van der Waals surface area contributed by atoms with Crippen LogP contribution in [0.2, 0.25) is 0 Å². The van der Waals surface area contributed by atoms with Crippen LogP contribution >= 0.6 is 17.9 Å². The Morgan fingerprint density at radius 3 is 2.07 bits per heavy atom. The van der Waals surface area contributed by atoms with Crippen LogP contribution in [0.4, 0.5) is 0 Å². The van der Waals surface area contributed by atoms with Crippen molar-refractivity contribution in [1.82, 2.24) is 0 Å². The molecule has 1 aliphatic heterocycles. The van der Waals surface area contributed by atoms with Crippen molar-refractivity contribution in [3.05, 3.63) is 89.5 Å². The number of hydrogen-bond donors (Lipinski definition) is 0. The summed E-state index contributed by atoms with van der Waals surface area (Å²) >= 11 is 0. The molecule has 0 saturated carbocycles. The van der Waals surface area contributed by atoms with Gasteiger partial charge in [-0.2, -0.15) is 0 Å². The normalized spacial score (nSPS) is 14.6. The molecule has 0 aromatic heterocycles. The third-order valence-electron chi connectivity index (χ3n) is 4.75.